The first-order valence-corrected chi connectivity index (χ1v) is 16.7. The minimum Gasteiger partial charge on any atom is -0.490 e. The van der Waals surface area contributed by atoms with E-state index in [1.54, 1.807) is 17.4 Å². The molecule has 2 aromatic carbocycles. The maximum atomic E-state index is 13.9. The highest BCUT2D eigenvalue weighted by Crippen LogP contribution is 2.41. The van der Waals surface area contributed by atoms with Gasteiger partial charge in [-0.25, -0.2) is 23.1 Å². The van der Waals surface area contributed by atoms with Gasteiger partial charge >= 0.3 is 0 Å². The van der Waals surface area contributed by atoms with Gasteiger partial charge in [-0.2, -0.15) is 0 Å². The standard InChI is InChI=1S/C30H30N4O5S3/c1-16-8-9-23(39-18(3)19-10-12-38-13-11-19)26-21(29(35)34-42(36,37)25-15-32-30(31)41-25)14-22(33-27(16)26)28-17(2)20-6-4-5-7-24(20)40-28/h4-9,14-15,18-19H,10-13H2,1-3H3,(H2,31,32)(H,34,35). The number of nitrogens with two attached hydrogens (primary N) is 1. The zero-order chi connectivity index (χ0) is 29.6. The molecule has 3 aromatic heterocycles. The van der Waals surface area contributed by atoms with E-state index in [1.165, 1.54) is 0 Å². The minimum absolute atomic E-state index is 0.0909. The Labute approximate surface area is 251 Å². The van der Waals surface area contributed by atoms with Crippen LogP contribution in [-0.2, 0) is 14.8 Å². The lowest BCUT2D eigenvalue weighted by atomic mass is 9.94. The fourth-order valence-electron chi connectivity index (χ4n) is 5.36. The number of aromatic nitrogens is 2. The van der Waals surface area contributed by atoms with Crippen molar-refractivity contribution in [3.63, 3.8) is 0 Å². The Morgan fingerprint density at radius 2 is 1.90 bits per heavy atom. The number of anilines is 1. The number of fused-ring (bicyclic) bond motifs is 2. The van der Waals surface area contributed by atoms with E-state index < -0.39 is 15.9 Å². The number of aryl methyl sites for hydroxylation is 2. The van der Waals surface area contributed by atoms with Crippen LogP contribution in [0, 0.1) is 19.8 Å². The molecular weight excluding hydrogens is 593 g/mol. The van der Waals surface area contributed by atoms with Crippen molar-refractivity contribution in [2.75, 3.05) is 18.9 Å². The van der Waals surface area contributed by atoms with E-state index in [-0.39, 0.29) is 26.9 Å². The predicted octanol–water partition coefficient (Wildman–Crippen LogP) is 6.08. The molecule has 1 unspecified atom stereocenters. The summed E-state index contributed by atoms with van der Waals surface area (Å²) in [7, 11) is -4.22. The summed E-state index contributed by atoms with van der Waals surface area (Å²) >= 11 is 2.37. The maximum Gasteiger partial charge on any atom is 0.275 e. The number of nitrogen functional groups attached to an aromatic ring is 1. The first-order chi connectivity index (χ1) is 20.1. The summed E-state index contributed by atoms with van der Waals surface area (Å²) < 4.78 is 41.5. The van der Waals surface area contributed by atoms with E-state index in [4.69, 9.17) is 20.2 Å². The van der Waals surface area contributed by atoms with Gasteiger partial charge in [0.05, 0.1) is 39.3 Å². The number of sulfonamides is 1. The minimum atomic E-state index is -4.22. The molecule has 0 saturated carbocycles. The molecule has 9 nitrogen and oxygen atoms in total. The van der Waals surface area contributed by atoms with Crippen LogP contribution in [0.5, 0.6) is 5.75 Å². The molecular formula is C30H30N4O5S3. The lowest BCUT2D eigenvalue weighted by Gasteiger charge is -2.29. The molecule has 6 rings (SSSR count). The molecule has 0 bridgehead atoms. The van der Waals surface area contributed by atoms with Gasteiger partial charge in [0.1, 0.15) is 5.75 Å². The highest BCUT2D eigenvalue weighted by atomic mass is 32.2. The smallest absolute Gasteiger partial charge is 0.275 e. The van der Waals surface area contributed by atoms with Gasteiger partial charge in [-0.1, -0.05) is 35.6 Å². The number of thiazole rings is 1. The van der Waals surface area contributed by atoms with E-state index in [0.717, 1.165) is 56.5 Å². The molecule has 1 aliphatic rings. The topological polar surface area (TPSA) is 134 Å². The van der Waals surface area contributed by atoms with Crippen molar-refractivity contribution in [2.45, 2.75) is 43.9 Å². The Balaban J connectivity index is 1.51. The quantitative estimate of drug-likeness (QED) is 0.223. The first kappa shape index (κ1) is 28.5. The van der Waals surface area contributed by atoms with E-state index in [2.05, 4.69) is 15.8 Å². The molecule has 1 saturated heterocycles. The van der Waals surface area contributed by atoms with Gasteiger partial charge in [-0.15, -0.1) is 11.3 Å². The molecule has 3 N–H and O–H groups in total. The van der Waals surface area contributed by atoms with Crippen LogP contribution in [-0.4, -0.2) is 43.6 Å². The molecule has 0 aliphatic carbocycles. The second-order valence-corrected chi connectivity index (χ2v) is 14.5. The van der Waals surface area contributed by atoms with Gasteiger partial charge in [0.2, 0.25) is 0 Å². The molecule has 42 heavy (non-hydrogen) atoms. The lowest BCUT2D eigenvalue weighted by Crippen LogP contribution is -2.31. The van der Waals surface area contributed by atoms with Crippen molar-refractivity contribution in [3.8, 4) is 16.3 Å². The molecule has 1 amide bonds. The van der Waals surface area contributed by atoms with Crippen molar-refractivity contribution in [1.29, 1.82) is 0 Å². The lowest BCUT2D eigenvalue weighted by molar-refractivity contribution is 0.0243. The summed E-state index contributed by atoms with van der Waals surface area (Å²) in [4.78, 5) is 23.7. The van der Waals surface area contributed by atoms with Crippen LogP contribution in [0.15, 0.2) is 52.9 Å². The Kier molecular flexibility index (Phi) is 7.64. The molecule has 1 aliphatic heterocycles. The number of pyridine rings is 1. The monoisotopic (exact) mass is 622 g/mol. The summed E-state index contributed by atoms with van der Waals surface area (Å²) in [6.07, 6.45) is 2.74. The zero-order valence-electron chi connectivity index (χ0n) is 23.3. The SMILES string of the molecule is Cc1c(-c2cc(C(=O)NS(=O)(=O)c3cnc(N)s3)c3c(OC(C)C4CCOCC4)ccc(C)c3n2)sc2ccccc12. The summed E-state index contributed by atoms with van der Waals surface area (Å²) in [5.41, 5.74) is 8.86. The zero-order valence-corrected chi connectivity index (χ0v) is 25.8. The second kappa shape index (κ2) is 11.3. The number of rotatable bonds is 7. The molecule has 0 spiro atoms. The maximum absolute atomic E-state index is 13.9. The number of benzene rings is 2. The highest BCUT2D eigenvalue weighted by Gasteiger charge is 2.28. The second-order valence-electron chi connectivity index (χ2n) is 10.4. The van der Waals surface area contributed by atoms with E-state index in [1.807, 2.05) is 51.1 Å². The van der Waals surface area contributed by atoms with E-state index >= 15 is 0 Å². The average Bonchev–Trinajstić information content (AvgIpc) is 3.58. The summed E-state index contributed by atoms with van der Waals surface area (Å²) in [6.45, 7) is 7.32. The van der Waals surface area contributed by atoms with Crippen LogP contribution in [0.4, 0.5) is 5.13 Å². The van der Waals surface area contributed by atoms with Crippen LogP contribution < -0.4 is 15.2 Å². The summed E-state index contributed by atoms with van der Waals surface area (Å²) in [5, 5.41) is 1.66. The van der Waals surface area contributed by atoms with Gasteiger partial charge in [-0.3, -0.25) is 4.79 Å². The Bertz CT molecular complexity index is 1930. The Morgan fingerprint density at radius 1 is 1.14 bits per heavy atom. The fraction of sp³-hybridized carbons (Fsp3) is 0.300. The molecule has 1 atom stereocenters. The average molecular weight is 623 g/mol. The number of hydrogen-bond donors (Lipinski definition) is 2. The molecule has 218 valence electrons. The van der Waals surface area contributed by atoms with E-state index in [0.29, 0.717) is 35.6 Å². The summed E-state index contributed by atoms with van der Waals surface area (Å²) in [5.74, 6) is -0.0205. The number of nitrogens with zero attached hydrogens (tertiary/aromatic N) is 2. The molecule has 4 heterocycles. The largest absolute Gasteiger partial charge is 0.490 e. The number of carbonyl (C=O) groups excluding carboxylic acids is 1. The number of thiophene rings is 1. The van der Waals surface area contributed by atoms with E-state index in [9.17, 15) is 13.2 Å². The van der Waals surface area contributed by atoms with Crippen LogP contribution in [0.25, 0.3) is 31.6 Å². The molecule has 1 fully saturated rings. The Morgan fingerprint density at radius 3 is 2.62 bits per heavy atom. The van der Waals surface area contributed by atoms with Gasteiger partial charge in [0.15, 0.2) is 9.34 Å². The Hall–Kier alpha value is -3.58. The third kappa shape index (κ3) is 5.35. The van der Waals surface area contributed by atoms with Crippen molar-refractivity contribution < 1.29 is 22.7 Å². The van der Waals surface area contributed by atoms with Crippen molar-refractivity contribution >= 4 is 64.7 Å². The number of amides is 1. The van der Waals surface area contributed by atoms with Crippen molar-refractivity contribution in [3.05, 3.63) is 65.4 Å². The third-order valence-corrected chi connectivity index (χ3v) is 11.6. The van der Waals surface area contributed by atoms with Gasteiger partial charge in [0, 0.05) is 17.9 Å². The molecule has 5 aromatic rings. The van der Waals surface area contributed by atoms with Crippen molar-refractivity contribution in [2.24, 2.45) is 5.92 Å². The van der Waals surface area contributed by atoms with Crippen LogP contribution in [0.3, 0.4) is 0 Å². The highest BCUT2D eigenvalue weighted by molar-refractivity contribution is 7.92. The fourth-order valence-corrected chi connectivity index (χ4v) is 8.41. The number of carbonyl (C=O) groups is 1. The van der Waals surface area contributed by atoms with Crippen LogP contribution >= 0.6 is 22.7 Å². The van der Waals surface area contributed by atoms with Crippen molar-refractivity contribution in [1.82, 2.24) is 14.7 Å². The number of ether oxygens (including phenoxy) is 2. The predicted molar refractivity (Wildman–Crippen MR) is 167 cm³/mol. The first-order valence-electron chi connectivity index (χ1n) is 13.6. The van der Waals surface area contributed by atoms with Gasteiger partial charge in [-0.05, 0) is 74.2 Å². The van der Waals surface area contributed by atoms with Gasteiger partial charge < -0.3 is 15.2 Å². The normalized spacial score (nSPS) is 15.2. The van der Waals surface area contributed by atoms with Crippen LogP contribution in [0.2, 0.25) is 0 Å². The summed E-state index contributed by atoms with van der Waals surface area (Å²) in [6, 6.07) is 13.5. The third-order valence-electron chi connectivity index (χ3n) is 7.68. The van der Waals surface area contributed by atoms with Gasteiger partial charge in [0.25, 0.3) is 15.9 Å². The number of nitrogens with one attached hydrogen (secondary N) is 1. The number of hydrogen-bond acceptors (Lipinski definition) is 10. The molecule has 0 radical (unpaired) electrons. The van der Waals surface area contributed by atoms with Crippen LogP contribution in [0.1, 0.15) is 41.3 Å². The molecule has 12 heteroatoms.